The van der Waals surface area contributed by atoms with Gasteiger partial charge in [-0.15, -0.1) is 0 Å². The van der Waals surface area contributed by atoms with Gasteiger partial charge in [-0.1, -0.05) is 27.7 Å². The Bertz CT molecular complexity index is 806. The summed E-state index contributed by atoms with van der Waals surface area (Å²) >= 11 is 0. The minimum Gasteiger partial charge on any atom is -0.480 e. The lowest BCUT2D eigenvalue weighted by atomic mass is 10.1. The molecule has 0 aliphatic rings. The second kappa shape index (κ2) is 9.21. The van der Waals surface area contributed by atoms with Crippen LogP contribution in [0.2, 0.25) is 0 Å². The summed E-state index contributed by atoms with van der Waals surface area (Å²) in [6.45, 7) is 7.92. The molecule has 28 heavy (non-hydrogen) atoms. The SMILES string of the molecule is CCc1nc(-c2ccc(C(F)(F)F)nc2OC)c(CC)nc1OC(CC)CC. The number of aromatic nitrogens is 3. The number of hydrogen-bond donors (Lipinski definition) is 0. The third-order valence-corrected chi connectivity index (χ3v) is 4.46. The fourth-order valence-electron chi connectivity index (χ4n) is 2.82. The van der Waals surface area contributed by atoms with Crippen molar-refractivity contribution in [2.75, 3.05) is 7.11 Å². The molecule has 0 N–H and O–H groups in total. The van der Waals surface area contributed by atoms with E-state index in [4.69, 9.17) is 9.47 Å². The highest BCUT2D eigenvalue weighted by Crippen LogP contribution is 2.35. The molecule has 0 aromatic carbocycles. The van der Waals surface area contributed by atoms with Crippen LogP contribution in [0.25, 0.3) is 11.3 Å². The van der Waals surface area contributed by atoms with Crippen LogP contribution in [0.3, 0.4) is 0 Å². The average Bonchev–Trinajstić information content (AvgIpc) is 2.70. The third kappa shape index (κ3) is 4.72. The van der Waals surface area contributed by atoms with Crippen molar-refractivity contribution in [3.05, 3.63) is 29.2 Å². The summed E-state index contributed by atoms with van der Waals surface area (Å²) in [5.74, 6) is 0.352. The van der Waals surface area contributed by atoms with Gasteiger partial charge in [0.2, 0.25) is 11.8 Å². The molecule has 0 atom stereocenters. The van der Waals surface area contributed by atoms with Crippen LogP contribution in [0.15, 0.2) is 12.1 Å². The Morgan fingerprint density at radius 2 is 1.54 bits per heavy atom. The lowest BCUT2D eigenvalue weighted by Crippen LogP contribution is -2.17. The van der Waals surface area contributed by atoms with Gasteiger partial charge in [0.15, 0.2) is 0 Å². The van der Waals surface area contributed by atoms with Gasteiger partial charge in [0.1, 0.15) is 11.4 Å². The molecule has 0 radical (unpaired) electrons. The fourth-order valence-corrected chi connectivity index (χ4v) is 2.82. The Balaban J connectivity index is 2.59. The largest absolute Gasteiger partial charge is 0.480 e. The van der Waals surface area contributed by atoms with Crippen LogP contribution in [-0.2, 0) is 19.0 Å². The first kappa shape index (κ1) is 21.9. The molecule has 0 saturated carbocycles. The highest BCUT2D eigenvalue weighted by molar-refractivity contribution is 5.68. The monoisotopic (exact) mass is 397 g/mol. The van der Waals surface area contributed by atoms with Crippen molar-refractivity contribution >= 4 is 0 Å². The molecule has 2 rings (SSSR count). The number of aryl methyl sites for hydroxylation is 2. The van der Waals surface area contributed by atoms with Crippen LogP contribution in [0.1, 0.15) is 57.6 Å². The van der Waals surface area contributed by atoms with E-state index in [0.29, 0.717) is 41.4 Å². The third-order valence-electron chi connectivity index (χ3n) is 4.46. The second-order valence-electron chi connectivity index (χ2n) is 6.29. The lowest BCUT2D eigenvalue weighted by Gasteiger charge is -2.19. The maximum absolute atomic E-state index is 13.0. The van der Waals surface area contributed by atoms with E-state index in [1.54, 1.807) is 0 Å². The summed E-state index contributed by atoms with van der Waals surface area (Å²) in [5.41, 5.74) is 1.11. The first-order chi connectivity index (χ1) is 13.3. The van der Waals surface area contributed by atoms with E-state index in [0.717, 1.165) is 18.9 Å². The molecule has 0 saturated heterocycles. The zero-order valence-corrected chi connectivity index (χ0v) is 16.9. The molecule has 0 bridgehead atoms. The zero-order valence-electron chi connectivity index (χ0n) is 16.9. The quantitative estimate of drug-likeness (QED) is 0.608. The Labute approximate surface area is 163 Å². The molecule has 154 valence electrons. The van der Waals surface area contributed by atoms with Crippen LogP contribution in [0.5, 0.6) is 11.8 Å². The van der Waals surface area contributed by atoms with Gasteiger partial charge < -0.3 is 9.47 Å². The van der Waals surface area contributed by atoms with Crippen LogP contribution in [-0.4, -0.2) is 28.2 Å². The minimum absolute atomic E-state index is 0.0393. The maximum atomic E-state index is 13.0. The van der Waals surface area contributed by atoms with E-state index in [2.05, 4.69) is 15.0 Å². The van der Waals surface area contributed by atoms with Gasteiger partial charge >= 0.3 is 6.18 Å². The molecule has 8 heteroatoms. The summed E-state index contributed by atoms with van der Waals surface area (Å²) in [4.78, 5) is 12.9. The number of methoxy groups -OCH3 is 1. The number of pyridine rings is 1. The van der Waals surface area contributed by atoms with Gasteiger partial charge in [0.25, 0.3) is 0 Å². The first-order valence-electron chi connectivity index (χ1n) is 9.47. The number of rotatable bonds is 8. The predicted molar refractivity (Wildman–Crippen MR) is 101 cm³/mol. The number of ether oxygens (including phenoxy) is 2. The molecule has 2 aromatic rings. The highest BCUT2D eigenvalue weighted by atomic mass is 19.4. The number of nitrogens with zero attached hydrogens (tertiary/aromatic N) is 3. The Morgan fingerprint density at radius 3 is 2.04 bits per heavy atom. The number of hydrogen-bond acceptors (Lipinski definition) is 5. The molecule has 0 amide bonds. The summed E-state index contributed by atoms with van der Waals surface area (Å²) in [6.07, 6.45) is -1.70. The molecule has 0 spiro atoms. The Kier molecular flexibility index (Phi) is 7.21. The summed E-state index contributed by atoms with van der Waals surface area (Å²) < 4.78 is 50.1. The van der Waals surface area contributed by atoms with Crippen molar-refractivity contribution in [2.24, 2.45) is 0 Å². The van der Waals surface area contributed by atoms with E-state index >= 15 is 0 Å². The van der Waals surface area contributed by atoms with Crippen LogP contribution in [0, 0.1) is 0 Å². The van der Waals surface area contributed by atoms with Crippen LogP contribution in [0.4, 0.5) is 13.2 Å². The zero-order chi connectivity index (χ0) is 20.9. The normalized spacial score (nSPS) is 11.8. The molecule has 0 aliphatic heterocycles. The van der Waals surface area contributed by atoms with Crippen molar-refractivity contribution in [3.63, 3.8) is 0 Å². The first-order valence-corrected chi connectivity index (χ1v) is 9.47. The van der Waals surface area contributed by atoms with Crippen LogP contribution >= 0.6 is 0 Å². The Hall–Kier alpha value is -2.38. The molecule has 0 aliphatic carbocycles. The van der Waals surface area contributed by atoms with E-state index in [1.807, 2.05) is 27.7 Å². The standard InChI is InChI=1S/C20H26F3N3O2/c1-6-12(7-2)28-19-15(9-4)24-17(14(8-3)25-19)13-10-11-16(20(21,22)23)26-18(13)27-5/h10-12H,6-9H2,1-5H3. The maximum Gasteiger partial charge on any atom is 0.433 e. The summed E-state index contributed by atoms with van der Waals surface area (Å²) in [7, 11) is 1.29. The van der Waals surface area contributed by atoms with Crippen molar-refractivity contribution < 1.29 is 22.6 Å². The van der Waals surface area contributed by atoms with Crippen molar-refractivity contribution in [2.45, 2.75) is 65.7 Å². The van der Waals surface area contributed by atoms with E-state index in [-0.39, 0.29) is 12.0 Å². The predicted octanol–water partition coefficient (Wildman–Crippen LogP) is 5.26. The molecule has 2 aromatic heterocycles. The topological polar surface area (TPSA) is 57.1 Å². The van der Waals surface area contributed by atoms with Gasteiger partial charge in [-0.3, -0.25) is 0 Å². The average molecular weight is 397 g/mol. The van der Waals surface area contributed by atoms with Gasteiger partial charge in [-0.05, 0) is 37.8 Å². The fraction of sp³-hybridized carbons (Fsp3) is 0.550. The minimum atomic E-state index is -4.55. The molecule has 5 nitrogen and oxygen atoms in total. The second-order valence-corrected chi connectivity index (χ2v) is 6.29. The van der Waals surface area contributed by atoms with Gasteiger partial charge in [0, 0.05) is 0 Å². The summed E-state index contributed by atoms with van der Waals surface area (Å²) in [6, 6.07) is 2.26. The van der Waals surface area contributed by atoms with Crippen molar-refractivity contribution in [3.8, 4) is 23.0 Å². The van der Waals surface area contributed by atoms with Gasteiger partial charge in [-0.2, -0.15) is 13.2 Å². The van der Waals surface area contributed by atoms with Crippen molar-refractivity contribution in [1.29, 1.82) is 0 Å². The number of halogens is 3. The molecular weight excluding hydrogens is 371 g/mol. The molecular formula is C20H26F3N3O2. The molecule has 0 unspecified atom stereocenters. The summed E-state index contributed by atoms with van der Waals surface area (Å²) in [5, 5.41) is 0. The van der Waals surface area contributed by atoms with Gasteiger partial charge in [-0.25, -0.2) is 15.0 Å². The van der Waals surface area contributed by atoms with Gasteiger partial charge in [0.05, 0.1) is 30.2 Å². The lowest BCUT2D eigenvalue weighted by molar-refractivity contribution is -0.141. The van der Waals surface area contributed by atoms with Crippen molar-refractivity contribution in [1.82, 2.24) is 15.0 Å². The molecule has 2 heterocycles. The highest BCUT2D eigenvalue weighted by Gasteiger charge is 2.33. The Morgan fingerprint density at radius 1 is 0.893 bits per heavy atom. The van der Waals surface area contributed by atoms with Crippen LogP contribution < -0.4 is 9.47 Å². The smallest absolute Gasteiger partial charge is 0.433 e. The van der Waals surface area contributed by atoms with E-state index < -0.39 is 11.9 Å². The van der Waals surface area contributed by atoms with E-state index in [1.165, 1.54) is 13.2 Å². The van der Waals surface area contributed by atoms with E-state index in [9.17, 15) is 13.2 Å². The molecule has 0 fully saturated rings. The number of alkyl halides is 3.